The predicted octanol–water partition coefficient (Wildman–Crippen LogP) is 1.29. The highest BCUT2D eigenvalue weighted by molar-refractivity contribution is 14.1. The molecule has 0 aliphatic carbocycles. The normalized spacial score (nSPS) is 11.9. The Hall–Kier alpha value is -1.19. The summed E-state index contributed by atoms with van der Waals surface area (Å²) in [6.07, 6.45) is -0.296. The van der Waals surface area contributed by atoms with E-state index in [9.17, 15) is 9.59 Å². The molecule has 0 aliphatic heterocycles. The third kappa shape index (κ3) is 4.77. The lowest BCUT2D eigenvalue weighted by molar-refractivity contribution is -0.118. The minimum Gasteiger partial charge on any atom is -0.478 e. The summed E-state index contributed by atoms with van der Waals surface area (Å²) in [4.78, 5) is 22.8. The first-order valence-electron chi connectivity index (χ1n) is 5.53. The minimum absolute atomic E-state index is 0.0574. The number of methoxy groups -OCH3 is 1. The highest BCUT2D eigenvalue weighted by Gasteiger charge is 2.15. The van der Waals surface area contributed by atoms with Crippen molar-refractivity contribution in [3.05, 3.63) is 27.3 Å². The molecule has 0 aliphatic rings. The fraction of sp³-hybridized carbons (Fsp3) is 0.333. The van der Waals surface area contributed by atoms with Crippen LogP contribution >= 0.6 is 22.6 Å². The molecule has 1 unspecified atom stereocenters. The summed E-state index contributed by atoms with van der Waals surface area (Å²) in [7, 11) is 1.47. The highest BCUT2D eigenvalue weighted by atomic mass is 127. The van der Waals surface area contributed by atoms with Crippen LogP contribution in [-0.2, 0) is 9.53 Å². The van der Waals surface area contributed by atoms with E-state index in [-0.39, 0.29) is 36.2 Å². The number of benzene rings is 1. The fourth-order valence-electron chi connectivity index (χ4n) is 1.47. The third-order valence-corrected chi connectivity index (χ3v) is 3.17. The summed E-state index contributed by atoms with van der Waals surface area (Å²) >= 11 is 2.01. The molecular weight excluding hydrogens is 363 g/mol. The number of nitrogens with one attached hydrogen (secondary N) is 1. The van der Waals surface area contributed by atoms with Crippen molar-refractivity contribution in [2.75, 3.05) is 19.0 Å². The van der Waals surface area contributed by atoms with Gasteiger partial charge < -0.3 is 20.9 Å². The molecule has 1 rings (SSSR count). The van der Waals surface area contributed by atoms with Crippen LogP contribution in [0, 0.1) is 3.57 Å². The molecule has 1 amide bonds. The maximum Gasteiger partial charge on any atom is 0.337 e. The van der Waals surface area contributed by atoms with Crippen LogP contribution in [0.4, 0.5) is 5.69 Å². The number of carbonyl (C=O) groups excluding carboxylic acids is 1. The van der Waals surface area contributed by atoms with Gasteiger partial charge in [-0.15, -0.1) is 0 Å². The number of hydrogen-bond donors (Lipinski definition) is 3. The summed E-state index contributed by atoms with van der Waals surface area (Å²) in [5, 5.41) is 11.6. The Kier molecular flexibility index (Phi) is 6.19. The van der Waals surface area contributed by atoms with Gasteiger partial charge in [-0.3, -0.25) is 4.79 Å². The van der Waals surface area contributed by atoms with Gasteiger partial charge in [-0.2, -0.15) is 0 Å². The Morgan fingerprint density at radius 3 is 2.74 bits per heavy atom. The lowest BCUT2D eigenvalue weighted by Gasteiger charge is -2.13. The largest absolute Gasteiger partial charge is 0.478 e. The van der Waals surface area contributed by atoms with Crippen molar-refractivity contribution in [3.8, 4) is 0 Å². The summed E-state index contributed by atoms with van der Waals surface area (Å²) < 4.78 is 5.78. The zero-order chi connectivity index (χ0) is 14.4. The standard InChI is InChI=1S/C12H15IN2O4/c1-19-8(6-14)5-11(16)15-10-3-2-7(13)4-9(10)12(17)18/h2-4,8H,5-6,14H2,1H3,(H,15,16)(H,17,18). The molecule has 4 N–H and O–H groups in total. The first-order chi connectivity index (χ1) is 8.97. The molecular formula is C12H15IN2O4. The maximum atomic E-state index is 11.8. The summed E-state index contributed by atoms with van der Waals surface area (Å²) in [5.74, 6) is -1.42. The molecule has 0 fully saturated rings. The average molecular weight is 378 g/mol. The zero-order valence-corrected chi connectivity index (χ0v) is 12.5. The van der Waals surface area contributed by atoms with Gasteiger partial charge in [0.05, 0.1) is 23.8 Å². The Labute approximate surface area is 124 Å². The second-order valence-electron chi connectivity index (χ2n) is 3.84. The first-order valence-corrected chi connectivity index (χ1v) is 6.61. The van der Waals surface area contributed by atoms with Gasteiger partial charge in [0.1, 0.15) is 0 Å². The molecule has 0 heterocycles. The van der Waals surface area contributed by atoms with Gasteiger partial charge in [0.2, 0.25) is 5.91 Å². The van der Waals surface area contributed by atoms with Gasteiger partial charge in [0, 0.05) is 17.2 Å². The molecule has 0 bridgehead atoms. The first kappa shape index (κ1) is 15.9. The van der Waals surface area contributed by atoms with E-state index in [0.717, 1.165) is 3.57 Å². The van der Waals surface area contributed by atoms with E-state index in [1.54, 1.807) is 12.1 Å². The van der Waals surface area contributed by atoms with Crippen LogP contribution in [-0.4, -0.2) is 36.7 Å². The number of rotatable bonds is 6. The van der Waals surface area contributed by atoms with Crippen molar-refractivity contribution in [2.45, 2.75) is 12.5 Å². The Morgan fingerprint density at radius 2 is 2.21 bits per heavy atom. The third-order valence-electron chi connectivity index (χ3n) is 2.50. The summed E-state index contributed by atoms with van der Waals surface area (Å²) in [6, 6.07) is 4.78. The van der Waals surface area contributed by atoms with Gasteiger partial charge in [0.15, 0.2) is 0 Å². The minimum atomic E-state index is -1.09. The molecule has 1 atom stereocenters. The van der Waals surface area contributed by atoms with E-state index >= 15 is 0 Å². The van der Waals surface area contributed by atoms with E-state index < -0.39 is 5.97 Å². The SMILES string of the molecule is COC(CN)CC(=O)Nc1ccc(I)cc1C(=O)O. The molecule has 0 saturated heterocycles. The molecule has 19 heavy (non-hydrogen) atoms. The van der Waals surface area contributed by atoms with E-state index in [2.05, 4.69) is 5.32 Å². The van der Waals surface area contributed by atoms with Crippen molar-refractivity contribution in [1.82, 2.24) is 0 Å². The summed E-state index contributed by atoms with van der Waals surface area (Å²) in [5.41, 5.74) is 5.75. The van der Waals surface area contributed by atoms with Gasteiger partial charge in [-0.25, -0.2) is 4.79 Å². The molecule has 104 valence electrons. The lowest BCUT2D eigenvalue weighted by atomic mass is 10.1. The second kappa shape index (κ2) is 7.41. The van der Waals surface area contributed by atoms with Crippen LogP contribution in [0.15, 0.2) is 18.2 Å². The summed E-state index contributed by atoms with van der Waals surface area (Å²) in [6.45, 7) is 0.225. The van der Waals surface area contributed by atoms with Crippen LogP contribution in [0.25, 0.3) is 0 Å². The highest BCUT2D eigenvalue weighted by Crippen LogP contribution is 2.19. The van der Waals surface area contributed by atoms with Crippen LogP contribution in [0.1, 0.15) is 16.8 Å². The number of carboxylic acids is 1. The molecule has 1 aromatic carbocycles. The van der Waals surface area contributed by atoms with Crippen molar-refractivity contribution in [2.24, 2.45) is 5.73 Å². The predicted molar refractivity (Wildman–Crippen MR) is 79.2 cm³/mol. The molecule has 0 spiro atoms. The number of ether oxygens (including phenoxy) is 1. The molecule has 7 heteroatoms. The number of amides is 1. The molecule has 0 saturated carbocycles. The molecule has 0 aromatic heterocycles. The number of aromatic carboxylic acids is 1. The number of anilines is 1. The maximum absolute atomic E-state index is 11.8. The number of hydrogen-bond acceptors (Lipinski definition) is 4. The van der Waals surface area contributed by atoms with E-state index in [1.165, 1.54) is 13.2 Å². The van der Waals surface area contributed by atoms with Crippen molar-refractivity contribution in [1.29, 1.82) is 0 Å². The van der Waals surface area contributed by atoms with Crippen LogP contribution in [0.5, 0.6) is 0 Å². The molecule has 1 aromatic rings. The quantitative estimate of drug-likeness (QED) is 0.648. The van der Waals surface area contributed by atoms with E-state index in [1.807, 2.05) is 22.6 Å². The second-order valence-corrected chi connectivity index (χ2v) is 5.09. The van der Waals surface area contributed by atoms with Gasteiger partial charge in [-0.05, 0) is 40.8 Å². The van der Waals surface area contributed by atoms with Crippen LogP contribution < -0.4 is 11.1 Å². The van der Waals surface area contributed by atoms with Crippen molar-refractivity contribution < 1.29 is 19.4 Å². The number of carbonyl (C=O) groups is 2. The van der Waals surface area contributed by atoms with E-state index in [0.29, 0.717) is 0 Å². The number of halogens is 1. The Balaban J connectivity index is 2.82. The number of nitrogens with two attached hydrogens (primary N) is 1. The van der Waals surface area contributed by atoms with Gasteiger partial charge >= 0.3 is 5.97 Å². The average Bonchev–Trinajstić information content (AvgIpc) is 2.37. The lowest BCUT2D eigenvalue weighted by Crippen LogP contribution is -2.28. The van der Waals surface area contributed by atoms with Crippen molar-refractivity contribution in [3.63, 3.8) is 0 Å². The fourth-order valence-corrected chi connectivity index (χ4v) is 1.96. The van der Waals surface area contributed by atoms with E-state index in [4.69, 9.17) is 15.6 Å². The van der Waals surface area contributed by atoms with Gasteiger partial charge in [0.25, 0.3) is 0 Å². The molecule has 6 nitrogen and oxygen atoms in total. The Morgan fingerprint density at radius 1 is 1.53 bits per heavy atom. The number of carboxylic acid groups (broad SMARTS) is 1. The Bertz CT molecular complexity index is 475. The van der Waals surface area contributed by atoms with Crippen molar-refractivity contribution >= 4 is 40.2 Å². The molecule has 0 radical (unpaired) electrons. The monoisotopic (exact) mass is 378 g/mol. The van der Waals surface area contributed by atoms with Crippen LogP contribution in [0.2, 0.25) is 0 Å². The van der Waals surface area contributed by atoms with Crippen LogP contribution in [0.3, 0.4) is 0 Å². The smallest absolute Gasteiger partial charge is 0.337 e. The van der Waals surface area contributed by atoms with Gasteiger partial charge in [-0.1, -0.05) is 0 Å². The zero-order valence-electron chi connectivity index (χ0n) is 10.4. The topological polar surface area (TPSA) is 102 Å².